The van der Waals surface area contributed by atoms with Crippen LogP contribution in [0.2, 0.25) is 0 Å². The van der Waals surface area contributed by atoms with Gasteiger partial charge in [0.2, 0.25) is 11.6 Å². The molecule has 5 heterocycles. The number of fused-ring (bicyclic) bond motifs is 3. The van der Waals surface area contributed by atoms with Gasteiger partial charge in [-0.1, -0.05) is 65.8 Å². The molecular formula is C82H130O28. The molecule has 32 atom stereocenters. The lowest BCUT2D eigenvalue weighted by atomic mass is 9.78. The molecule has 4 fully saturated rings. The molecule has 14 N–H and O–H groups in total. The third-order valence-corrected chi connectivity index (χ3v) is 23.3. The van der Waals surface area contributed by atoms with Gasteiger partial charge in [0.1, 0.15) is 24.4 Å². The van der Waals surface area contributed by atoms with Crippen molar-refractivity contribution in [3.63, 3.8) is 0 Å². The maximum absolute atomic E-state index is 14.2. The van der Waals surface area contributed by atoms with E-state index >= 15 is 0 Å². The number of esters is 2. The number of cyclic esters (lactones) is 1. The number of allylic oxidation sites excluding steroid dienone is 2. The lowest BCUT2D eigenvalue weighted by Gasteiger charge is -2.47. The Morgan fingerprint density at radius 2 is 1.25 bits per heavy atom. The van der Waals surface area contributed by atoms with Crippen molar-refractivity contribution in [2.75, 3.05) is 0 Å². The standard InChI is InChI=1S/C82H130O28/c1-13-66(105-71-41-81(12,100)79(51(11)104-71)109-70-32-30-67(50(10)103-70)106-80(99)48(8)77(108-69-31-29-64(91)49(9)102-69)52-25-28-62-63(34-52)65(92)33-44(4)72(62)94)45(5)74(96)46(6)75(97)47(7)76-43(3)24-27-54(84)18-15-20-57(87)36-58(88)37-59(89)38-61-39-60(90)40-82(101,110-61)78(98)73(95)42(2)23-26-53(83)17-14-19-55(85)35-56(86)21-16-22-68(93)107-76/h16,22,24-25,27-28,33-34,42-43,45-51,53-61,64,66-67,69-71,73-77,79,83-91,95-97,100-101H,13-15,17-21,23,26,29-32,35-41H2,1-12H3/b22-16+,27-24+/t42?,43-,45-,46+,47-,48-,49?,50+,51-,53?,54?,55?,56?,57-,58-,59+,60+,61-,64?,66+,67+,69?,70+,71-,73?,74-,75-,76-,77+,79+,81+,82-/m0/s1. The van der Waals surface area contributed by atoms with E-state index < -0.39 is 218 Å². The summed E-state index contributed by atoms with van der Waals surface area (Å²) in [5.74, 6) is -10.5. The highest BCUT2D eigenvalue weighted by Gasteiger charge is 2.52. The Bertz CT molecular complexity index is 3180. The van der Waals surface area contributed by atoms with Crippen LogP contribution in [0.15, 0.2) is 54.2 Å². The van der Waals surface area contributed by atoms with Gasteiger partial charge in [-0.05, 0) is 180 Å². The number of rotatable bonds is 17. The molecule has 4 saturated heterocycles. The third-order valence-electron chi connectivity index (χ3n) is 23.3. The fraction of sp³-hybridized carbons (Fsp3) is 0.793. The topological polar surface area (TPSA) is 452 Å². The van der Waals surface area contributed by atoms with Gasteiger partial charge < -0.3 is 114 Å². The summed E-state index contributed by atoms with van der Waals surface area (Å²) in [4.78, 5) is 67.5. The Morgan fingerprint density at radius 1 is 0.627 bits per heavy atom. The van der Waals surface area contributed by atoms with Crippen molar-refractivity contribution in [3.8, 4) is 0 Å². The van der Waals surface area contributed by atoms with Crippen LogP contribution in [0.4, 0.5) is 0 Å². The highest BCUT2D eigenvalue weighted by molar-refractivity contribution is 6.24. The molecule has 1 aromatic rings. The second-order valence-electron chi connectivity index (χ2n) is 33.0. The molecule has 6 aliphatic rings. The van der Waals surface area contributed by atoms with Crippen LogP contribution < -0.4 is 0 Å². The molecule has 0 spiro atoms. The lowest BCUT2D eigenvalue weighted by Crippen LogP contribution is -2.59. The molecule has 0 radical (unpaired) electrons. The van der Waals surface area contributed by atoms with Crippen LogP contribution in [0.25, 0.3) is 0 Å². The number of Topliss-reactive ketones (excluding diaryl/α,β-unsaturated/α-hetero) is 2. The highest BCUT2D eigenvalue weighted by atomic mass is 16.7. The fourth-order valence-electron chi connectivity index (χ4n) is 16.4. The minimum absolute atomic E-state index is 0.0503. The summed E-state index contributed by atoms with van der Waals surface area (Å²) in [5.41, 5.74) is -0.336. The van der Waals surface area contributed by atoms with E-state index in [1.807, 2.05) is 6.92 Å². The molecule has 110 heavy (non-hydrogen) atoms. The van der Waals surface area contributed by atoms with Crippen molar-refractivity contribution in [2.45, 2.75) is 376 Å². The zero-order valence-electron chi connectivity index (χ0n) is 66.3. The number of benzene rings is 1. The van der Waals surface area contributed by atoms with Crippen LogP contribution in [0.3, 0.4) is 0 Å². The summed E-state index contributed by atoms with van der Waals surface area (Å²) in [6.45, 7) is 20.3. The van der Waals surface area contributed by atoms with Crippen LogP contribution in [-0.2, 0) is 57.0 Å². The smallest absolute Gasteiger partial charge is 0.330 e. The highest BCUT2D eigenvalue weighted by Crippen LogP contribution is 2.41. The molecule has 0 saturated carbocycles. The summed E-state index contributed by atoms with van der Waals surface area (Å²) in [5, 5.41) is 156. The number of hydrogen-bond donors (Lipinski definition) is 14. The number of hydrogen-bond acceptors (Lipinski definition) is 28. The SMILES string of the molecule is CC[C@@H](O[C@H]1C[C@@](C)(O)[C@H](O[C@@H]2CC[C@@H](OC(=O)[C@@H](C)[C@@H](OC3CCC(O)C(C)O3)c3ccc4c(c3)C(=O)C=C(C)C4=O)[C@@H](C)O2)[C@H](C)O1)[C@H](C)[C@H](O)[C@@H](C)[C@H](O)[C@H](C)[C@H]1OC(=O)/C=C/CC(O)CC(O)CCCC(O)CCC(C)C(O)C(=O)[C@]2(O)C[C@H](O)C[C@H](C[C@H](O)C[C@@H](O)C[C@@H](O)CCCC(O)/C=C/[C@@H]1C)O2. The zero-order valence-corrected chi connectivity index (χ0v) is 66.3. The van der Waals surface area contributed by atoms with Crippen molar-refractivity contribution in [2.24, 2.45) is 35.5 Å². The number of ketones is 3. The molecule has 5 aliphatic heterocycles. The molecular weight excluding hydrogens is 1430 g/mol. The van der Waals surface area contributed by atoms with E-state index in [9.17, 15) is 95.5 Å². The van der Waals surface area contributed by atoms with Crippen molar-refractivity contribution < 1.29 is 138 Å². The molecule has 7 rings (SSSR count). The summed E-state index contributed by atoms with van der Waals surface area (Å²) in [7, 11) is 0. The molecule has 1 aliphatic carbocycles. The van der Waals surface area contributed by atoms with E-state index in [0.717, 1.165) is 6.08 Å². The first kappa shape index (κ1) is 92.7. The van der Waals surface area contributed by atoms with Gasteiger partial charge in [-0.2, -0.15) is 0 Å². The summed E-state index contributed by atoms with van der Waals surface area (Å²) < 4.78 is 56.1. The number of ether oxygens (including phenoxy) is 9. The Morgan fingerprint density at radius 3 is 1.91 bits per heavy atom. The van der Waals surface area contributed by atoms with Crippen molar-refractivity contribution in [1.29, 1.82) is 0 Å². The van der Waals surface area contributed by atoms with Crippen molar-refractivity contribution in [3.05, 3.63) is 70.8 Å². The number of carbonyl (C=O) groups is 5. The van der Waals surface area contributed by atoms with Crippen LogP contribution >= 0.6 is 0 Å². The van der Waals surface area contributed by atoms with E-state index in [-0.39, 0.29) is 113 Å². The molecule has 28 heteroatoms. The average Bonchev–Trinajstić information content (AvgIpc) is 0.796. The van der Waals surface area contributed by atoms with E-state index in [4.69, 9.17) is 42.6 Å². The maximum Gasteiger partial charge on any atom is 0.330 e. The van der Waals surface area contributed by atoms with Gasteiger partial charge in [0.15, 0.2) is 30.4 Å². The second kappa shape index (κ2) is 42.4. The van der Waals surface area contributed by atoms with Gasteiger partial charge in [0.05, 0.1) is 115 Å². The van der Waals surface area contributed by atoms with Gasteiger partial charge in [-0.25, -0.2) is 4.79 Å². The van der Waals surface area contributed by atoms with Crippen LogP contribution in [-0.4, -0.2) is 253 Å². The lowest BCUT2D eigenvalue weighted by molar-refractivity contribution is -0.330. The largest absolute Gasteiger partial charge is 0.459 e. The first-order valence-electron chi connectivity index (χ1n) is 40.1. The van der Waals surface area contributed by atoms with Crippen molar-refractivity contribution in [1.82, 2.24) is 0 Å². The Labute approximate surface area is 647 Å². The first-order valence-corrected chi connectivity index (χ1v) is 40.1. The Hall–Kier alpha value is -4.45. The summed E-state index contributed by atoms with van der Waals surface area (Å²) >= 11 is 0. The molecule has 626 valence electrons. The quantitative estimate of drug-likeness (QED) is 0.0648. The number of carbonyl (C=O) groups excluding carboxylic acids is 5. The Balaban J connectivity index is 0.943. The minimum Gasteiger partial charge on any atom is -0.459 e. The minimum atomic E-state index is -2.58. The van der Waals surface area contributed by atoms with Crippen LogP contribution in [0.5, 0.6) is 0 Å². The monoisotopic (exact) mass is 1560 g/mol. The molecule has 9 unspecified atom stereocenters. The van der Waals surface area contributed by atoms with Crippen LogP contribution in [0, 0.1) is 35.5 Å². The van der Waals surface area contributed by atoms with E-state index in [1.165, 1.54) is 18.2 Å². The Kier molecular flexibility index (Phi) is 35.8. The fourth-order valence-corrected chi connectivity index (χ4v) is 16.4. The average molecular weight is 1560 g/mol. The zero-order chi connectivity index (χ0) is 81.4. The van der Waals surface area contributed by atoms with Gasteiger partial charge in [0, 0.05) is 72.1 Å². The summed E-state index contributed by atoms with van der Waals surface area (Å²) in [6.07, 6.45) is -14.6. The van der Waals surface area contributed by atoms with E-state index in [2.05, 4.69) is 0 Å². The van der Waals surface area contributed by atoms with Crippen molar-refractivity contribution >= 4 is 29.3 Å². The molecule has 2 bridgehead atoms. The van der Waals surface area contributed by atoms with E-state index in [0.29, 0.717) is 49.7 Å². The maximum atomic E-state index is 14.2. The van der Waals surface area contributed by atoms with Gasteiger partial charge >= 0.3 is 11.9 Å². The number of aliphatic hydroxyl groups excluding tert-OH is 12. The van der Waals surface area contributed by atoms with Gasteiger partial charge in [-0.15, -0.1) is 0 Å². The molecule has 1 aromatic carbocycles. The van der Waals surface area contributed by atoms with Gasteiger partial charge in [-0.3, -0.25) is 19.2 Å². The second-order valence-corrected chi connectivity index (χ2v) is 33.0. The number of aliphatic hydroxyl groups is 14. The normalized spacial score (nSPS) is 39.5. The van der Waals surface area contributed by atoms with Gasteiger partial charge in [0.25, 0.3) is 0 Å². The molecule has 0 aromatic heterocycles. The predicted molar refractivity (Wildman–Crippen MR) is 399 cm³/mol. The predicted octanol–water partition coefficient (Wildman–Crippen LogP) is 5.79. The summed E-state index contributed by atoms with van der Waals surface area (Å²) in [6, 6.07) is 4.77. The third kappa shape index (κ3) is 26.3. The van der Waals surface area contributed by atoms with Crippen LogP contribution in [0.1, 0.15) is 250 Å². The first-order chi connectivity index (χ1) is 51.7. The van der Waals surface area contributed by atoms with E-state index in [1.54, 1.807) is 100 Å². The molecule has 0 amide bonds. The molecule has 28 nitrogen and oxygen atoms in total.